The maximum atomic E-state index is 14.3. The molecule has 0 saturated carbocycles. The van der Waals surface area contributed by atoms with E-state index in [4.69, 9.17) is 11.6 Å². The summed E-state index contributed by atoms with van der Waals surface area (Å²) in [5, 5.41) is 2.73. The molecule has 1 N–H and O–H groups in total. The molecule has 8 heteroatoms. The highest BCUT2D eigenvalue weighted by Crippen LogP contribution is 2.44. The van der Waals surface area contributed by atoms with E-state index in [1.54, 1.807) is 31.2 Å². The molecule has 2 aromatic rings. The number of urea groups is 1. The summed E-state index contributed by atoms with van der Waals surface area (Å²) in [6.45, 7) is 5.24. The van der Waals surface area contributed by atoms with E-state index in [1.807, 2.05) is 0 Å². The molecular weight excluding hydrogens is 397 g/mol. The molecule has 2 aromatic carbocycles. The Kier molecular flexibility index (Phi) is 4.42. The van der Waals surface area contributed by atoms with E-state index in [0.717, 1.165) is 4.90 Å². The summed E-state index contributed by atoms with van der Waals surface area (Å²) < 4.78 is 14.3. The Labute approximate surface area is 171 Å². The van der Waals surface area contributed by atoms with Gasteiger partial charge in [0.05, 0.1) is 18.8 Å². The van der Waals surface area contributed by atoms with Crippen LogP contribution in [0.4, 0.5) is 14.9 Å². The Morgan fingerprint density at radius 3 is 2.48 bits per heavy atom. The molecule has 0 radical (unpaired) electrons. The SMILES string of the molecule is C=C(C)CN1C(=O)NC2(C1=O)C(=O)N(Cc1c(F)cccc1Cl)c1ccccc12. The van der Waals surface area contributed by atoms with Crippen molar-refractivity contribution in [3.63, 3.8) is 0 Å². The Morgan fingerprint density at radius 2 is 1.79 bits per heavy atom. The van der Waals surface area contributed by atoms with E-state index >= 15 is 0 Å². The Morgan fingerprint density at radius 1 is 1.10 bits per heavy atom. The number of carbonyl (C=O) groups excluding carboxylic acids is 3. The first-order valence-corrected chi connectivity index (χ1v) is 9.28. The number of nitrogens with one attached hydrogen (secondary N) is 1. The third kappa shape index (κ3) is 2.73. The molecule has 29 heavy (non-hydrogen) atoms. The molecule has 1 atom stereocenters. The van der Waals surface area contributed by atoms with Gasteiger partial charge in [0.1, 0.15) is 5.82 Å². The normalized spacial score (nSPS) is 20.4. The van der Waals surface area contributed by atoms with E-state index in [0.29, 0.717) is 16.8 Å². The molecule has 1 fully saturated rings. The second-order valence-electron chi connectivity index (χ2n) is 7.14. The molecule has 2 heterocycles. The number of hydrogen-bond acceptors (Lipinski definition) is 3. The van der Waals surface area contributed by atoms with Crippen molar-refractivity contribution in [1.82, 2.24) is 10.2 Å². The van der Waals surface area contributed by atoms with E-state index in [2.05, 4.69) is 11.9 Å². The molecule has 2 aliphatic rings. The van der Waals surface area contributed by atoms with Crippen molar-refractivity contribution in [3.8, 4) is 0 Å². The number of benzene rings is 2. The summed E-state index contributed by atoms with van der Waals surface area (Å²) in [6.07, 6.45) is 0. The van der Waals surface area contributed by atoms with Gasteiger partial charge in [0.2, 0.25) is 5.54 Å². The van der Waals surface area contributed by atoms with Gasteiger partial charge in [-0.1, -0.05) is 48.0 Å². The van der Waals surface area contributed by atoms with Gasteiger partial charge in [0, 0.05) is 16.1 Å². The van der Waals surface area contributed by atoms with Gasteiger partial charge < -0.3 is 10.2 Å². The Balaban J connectivity index is 1.81. The highest BCUT2D eigenvalue weighted by Gasteiger charge is 2.63. The number of halogens is 2. The van der Waals surface area contributed by atoms with Crippen molar-refractivity contribution in [1.29, 1.82) is 0 Å². The summed E-state index contributed by atoms with van der Waals surface area (Å²) in [4.78, 5) is 41.5. The number of anilines is 1. The molecule has 0 bridgehead atoms. The molecule has 2 aliphatic heterocycles. The number of amides is 4. The van der Waals surface area contributed by atoms with Crippen LogP contribution in [0.1, 0.15) is 18.1 Å². The first kappa shape index (κ1) is 19.1. The molecule has 0 aliphatic carbocycles. The van der Waals surface area contributed by atoms with Gasteiger partial charge >= 0.3 is 6.03 Å². The van der Waals surface area contributed by atoms with Crippen LogP contribution in [-0.4, -0.2) is 29.3 Å². The zero-order valence-corrected chi connectivity index (χ0v) is 16.3. The summed E-state index contributed by atoms with van der Waals surface area (Å²) in [7, 11) is 0. The van der Waals surface area contributed by atoms with Crippen LogP contribution < -0.4 is 10.2 Å². The van der Waals surface area contributed by atoms with Crippen molar-refractivity contribution >= 4 is 35.1 Å². The maximum Gasteiger partial charge on any atom is 0.326 e. The van der Waals surface area contributed by atoms with Crippen LogP contribution in [0.3, 0.4) is 0 Å². The minimum absolute atomic E-state index is 0.000997. The second-order valence-corrected chi connectivity index (χ2v) is 7.54. The summed E-state index contributed by atoms with van der Waals surface area (Å²) in [5.74, 6) is -1.89. The zero-order valence-electron chi connectivity index (χ0n) is 15.5. The average molecular weight is 414 g/mol. The van der Waals surface area contributed by atoms with Crippen LogP contribution in [0.25, 0.3) is 0 Å². The van der Waals surface area contributed by atoms with Gasteiger partial charge in [-0.3, -0.25) is 14.5 Å². The first-order valence-electron chi connectivity index (χ1n) is 8.90. The van der Waals surface area contributed by atoms with Gasteiger partial charge in [-0.15, -0.1) is 0 Å². The molecule has 6 nitrogen and oxygen atoms in total. The number of fused-ring (bicyclic) bond motifs is 2. The highest BCUT2D eigenvalue weighted by atomic mass is 35.5. The molecule has 1 spiro atoms. The number of imide groups is 1. The maximum absolute atomic E-state index is 14.3. The third-order valence-electron chi connectivity index (χ3n) is 5.08. The van der Waals surface area contributed by atoms with E-state index < -0.39 is 29.2 Å². The van der Waals surface area contributed by atoms with Gasteiger partial charge in [0.15, 0.2) is 0 Å². The van der Waals surface area contributed by atoms with Crippen LogP contribution in [0.15, 0.2) is 54.6 Å². The summed E-state index contributed by atoms with van der Waals surface area (Å²) >= 11 is 6.13. The lowest BCUT2D eigenvalue weighted by Crippen LogP contribution is -2.52. The predicted octanol–water partition coefficient (Wildman–Crippen LogP) is 3.35. The summed E-state index contributed by atoms with van der Waals surface area (Å²) in [6, 6.07) is 10.2. The lowest BCUT2D eigenvalue weighted by atomic mass is 9.91. The van der Waals surface area contributed by atoms with Crippen LogP contribution in [0, 0.1) is 5.82 Å². The van der Waals surface area contributed by atoms with Gasteiger partial charge in [-0.25, -0.2) is 9.18 Å². The lowest BCUT2D eigenvalue weighted by Gasteiger charge is -2.22. The van der Waals surface area contributed by atoms with Crippen LogP contribution in [0.5, 0.6) is 0 Å². The quantitative estimate of drug-likeness (QED) is 0.475. The van der Waals surface area contributed by atoms with Crippen molar-refractivity contribution in [2.75, 3.05) is 11.4 Å². The molecule has 148 valence electrons. The van der Waals surface area contributed by atoms with Crippen LogP contribution in [-0.2, 0) is 21.7 Å². The molecule has 1 unspecified atom stereocenters. The minimum atomic E-state index is -1.87. The van der Waals surface area contributed by atoms with Crippen molar-refractivity contribution in [2.24, 2.45) is 0 Å². The summed E-state index contributed by atoms with van der Waals surface area (Å²) in [5.41, 5.74) is -0.382. The molecule has 0 aromatic heterocycles. The molecule has 4 rings (SSSR count). The second kappa shape index (κ2) is 6.70. The van der Waals surface area contributed by atoms with Crippen molar-refractivity contribution in [2.45, 2.75) is 19.0 Å². The lowest BCUT2D eigenvalue weighted by molar-refractivity contribution is -0.138. The first-order chi connectivity index (χ1) is 13.8. The fraction of sp³-hybridized carbons (Fsp3) is 0.190. The fourth-order valence-electron chi connectivity index (χ4n) is 3.77. The van der Waals surface area contributed by atoms with Crippen molar-refractivity contribution < 1.29 is 18.8 Å². The van der Waals surface area contributed by atoms with E-state index in [-0.39, 0.29) is 23.7 Å². The highest BCUT2D eigenvalue weighted by molar-refractivity contribution is 6.31. The predicted molar refractivity (Wildman–Crippen MR) is 106 cm³/mol. The zero-order chi connectivity index (χ0) is 20.9. The number of rotatable bonds is 4. The topological polar surface area (TPSA) is 69.7 Å². The standard InChI is InChI=1S/C21H17ClFN3O3/c1-12(2)10-26-19(28)21(24-20(26)29)14-6-3-4-9-17(14)25(18(21)27)11-13-15(22)7-5-8-16(13)23/h3-9H,1,10-11H2,2H3,(H,24,29). The van der Waals surface area contributed by atoms with Gasteiger partial charge in [-0.05, 0) is 25.1 Å². The third-order valence-corrected chi connectivity index (χ3v) is 5.43. The van der Waals surface area contributed by atoms with Crippen molar-refractivity contribution in [3.05, 3.63) is 76.6 Å². The minimum Gasteiger partial charge on any atom is -0.311 e. The monoisotopic (exact) mass is 413 g/mol. The molecule has 4 amide bonds. The Bertz CT molecular complexity index is 1070. The average Bonchev–Trinajstić information content (AvgIpc) is 3.06. The van der Waals surface area contributed by atoms with Gasteiger partial charge in [-0.2, -0.15) is 0 Å². The van der Waals surface area contributed by atoms with Gasteiger partial charge in [0.25, 0.3) is 11.8 Å². The smallest absolute Gasteiger partial charge is 0.311 e. The Hall–Kier alpha value is -3.19. The number of hydrogen-bond donors (Lipinski definition) is 1. The fourth-order valence-corrected chi connectivity index (χ4v) is 3.99. The number of carbonyl (C=O) groups is 3. The molecular formula is C21H17ClFN3O3. The van der Waals surface area contributed by atoms with Crippen LogP contribution >= 0.6 is 11.6 Å². The largest absolute Gasteiger partial charge is 0.326 e. The number of nitrogens with zero attached hydrogens (tertiary/aromatic N) is 2. The van der Waals surface area contributed by atoms with E-state index in [9.17, 15) is 18.8 Å². The number of para-hydroxylation sites is 1. The van der Waals surface area contributed by atoms with Crippen LogP contribution in [0.2, 0.25) is 5.02 Å². The van der Waals surface area contributed by atoms with E-state index in [1.165, 1.54) is 23.1 Å². The molecule has 1 saturated heterocycles.